The number of hydrogen-bond acceptors (Lipinski definition) is 4. The highest BCUT2D eigenvalue weighted by Gasteiger charge is 2.42. The summed E-state index contributed by atoms with van der Waals surface area (Å²) in [5, 5.41) is 6.71. The Morgan fingerprint density at radius 3 is 2.63 bits per heavy atom. The van der Waals surface area contributed by atoms with Crippen LogP contribution in [0.4, 0.5) is 0 Å². The average Bonchev–Trinajstić information content (AvgIpc) is 3.05. The van der Waals surface area contributed by atoms with Crippen molar-refractivity contribution in [3.63, 3.8) is 0 Å². The summed E-state index contributed by atoms with van der Waals surface area (Å²) in [7, 11) is 0. The number of aryl methyl sites for hydroxylation is 1. The minimum Gasteiger partial charge on any atom is -0.351 e. The summed E-state index contributed by atoms with van der Waals surface area (Å²) in [6.45, 7) is 4.24. The molecule has 2 amide bonds. The van der Waals surface area contributed by atoms with E-state index in [1.54, 1.807) is 0 Å². The lowest BCUT2D eigenvalue weighted by Gasteiger charge is -2.36. The van der Waals surface area contributed by atoms with Gasteiger partial charge in [-0.15, -0.1) is 0 Å². The minimum atomic E-state index is -0.549. The van der Waals surface area contributed by atoms with E-state index < -0.39 is 5.66 Å². The number of carbonyl (C=O) groups is 2. The molecule has 0 aromatic heterocycles. The molecule has 0 saturated carbocycles. The summed E-state index contributed by atoms with van der Waals surface area (Å²) in [6.07, 6.45) is 1.39. The van der Waals surface area contributed by atoms with Crippen LogP contribution in [0, 0.1) is 6.92 Å². The third kappa shape index (κ3) is 4.71. The number of carbonyl (C=O) groups excluding carboxylic acids is 2. The van der Waals surface area contributed by atoms with Crippen molar-refractivity contribution in [3.05, 3.63) is 70.2 Å². The Bertz CT molecular complexity index is 979. The molecular formula is C23H25ClN4O2. The monoisotopic (exact) mass is 424 g/mol. The number of piperidine rings is 1. The largest absolute Gasteiger partial charge is 0.351 e. The first kappa shape index (κ1) is 20.6. The second-order valence-corrected chi connectivity index (χ2v) is 8.43. The summed E-state index contributed by atoms with van der Waals surface area (Å²) < 4.78 is 0. The molecule has 2 aromatic carbocycles. The fourth-order valence-corrected chi connectivity index (χ4v) is 4.06. The van der Waals surface area contributed by atoms with Crippen LogP contribution in [-0.4, -0.2) is 47.7 Å². The lowest BCUT2D eigenvalue weighted by molar-refractivity contribution is -0.123. The van der Waals surface area contributed by atoms with Crippen molar-refractivity contribution in [2.24, 2.45) is 4.99 Å². The number of nitrogens with one attached hydrogen (secondary N) is 2. The van der Waals surface area contributed by atoms with Crippen LogP contribution in [0.5, 0.6) is 0 Å². The van der Waals surface area contributed by atoms with Gasteiger partial charge >= 0.3 is 0 Å². The van der Waals surface area contributed by atoms with E-state index in [1.807, 2.05) is 55.5 Å². The number of nitrogens with zero attached hydrogens (tertiary/aromatic N) is 2. The molecule has 4 rings (SSSR count). The Labute approximate surface area is 181 Å². The van der Waals surface area contributed by atoms with Gasteiger partial charge in [0.15, 0.2) is 0 Å². The van der Waals surface area contributed by atoms with E-state index in [0.29, 0.717) is 49.8 Å². The topological polar surface area (TPSA) is 73.8 Å². The zero-order valence-corrected chi connectivity index (χ0v) is 17.7. The van der Waals surface area contributed by atoms with Crippen molar-refractivity contribution in [1.82, 2.24) is 15.5 Å². The molecule has 156 valence electrons. The lowest BCUT2D eigenvalue weighted by atomic mass is 9.98. The van der Waals surface area contributed by atoms with E-state index in [1.165, 1.54) is 0 Å². The van der Waals surface area contributed by atoms with Crippen molar-refractivity contribution >= 4 is 29.1 Å². The van der Waals surface area contributed by atoms with Gasteiger partial charge < -0.3 is 10.6 Å². The van der Waals surface area contributed by atoms with Crippen molar-refractivity contribution in [2.75, 3.05) is 19.6 Å². The van der Waals surface area contributed by atoms with Crippen LogP contribution in [0.1, 0.15) is 29.5 Å². The molecule has 1 fully saturated rings. The van der Waals surface area contributed by atoms with Crippen molar-refractivity contribution in [2.45, 2.75) is 32.0 Å². The van der Waals surface area contributed by atoms with Crippen LogP contribution >= 0.6 is 11.6 Å². The second-order valence-electron chi connectivity index (χ2n) is 7.99. The SMILES string of the molecule is Cc1cccc(C2=NC3(CCN(CC(=O)NCc4ccc(Cl)cc4)CC3)NC2=O)c1. The normalized spacial score (nSPS) is 18.2. The smallest absolute Gasteiger partial charge is 0.272 e. The fraction of sp³-hybridized carbons (Fsp3) is 0.348. The van der Waals surface area contributed by atoms with E-state index >= 15 is 0 Å². The molecule has 1 saturated heterocycles. The number of benzene rings is 2. The zero-order chi connectivity index (χ0) is 21.1. The molecular weight excluding hydrogens is 400 g/mol. The second kappa shape index (κ2) is 8.58. The summed E-state index contributed by atoms with van der Waals surface area (Å²) in [6, 6.07) is 15.3. The zero-order valence-electron chi connectivity index (χ0n) is 17.0. The fourth-order valence-electron chi connectivity index (χ4n) is 3.93. The molecule has 2 N–H and O–H groups in total. The Balaban J connectivity index is 1.30. The Morgan fingerprint density at radius 1 is 1.20 bits per heavy atom. The third-order valence-corrected chi connectivity index (χ3v) is 5.88. The van der Waals surface area contributed by atoms with Gasteiger partial charge in [-0.3, -0.25) is 19.5 Å². The van der Waals surface area contributed by atoms with Gasteiger partial charge in [0.2, 0.25) is 5.91 Å². The van der Waals surface area contributed by atoms with Gasteiger partial charge in [0.25, 0.3) is 5.91 Å². The molecule has 0 atom stereocenters. The van der Waals surface area contributed by atoms with Gasteiger partial charge in [0.1, 0.15) is 11.4 Å². The van der Waals surface area contributed by atoms with Gasteiger partial charge in [-0.05, 0) is 30.7 Å². The van der Waals surface area contributed by atoms with E-state index in [0.717, 1.165) is 16.7 Å². The van der Waals surface area contributed by atoms with Crippen LogP contribution < -0.4 is 10.6 Å². The van der Waals surface area contributed by atoms with Crippen molar-refractivity contribution in [3.8, 4) is 0 Å². The lowest BCUT2D eigenvalue weighted by Crippen LogP contribution is -2.52. The predicted molar refractivity (Wildman–Crippen MR) is 118 cm³/mol. The number of rotatable bonds is 5. The number of halogens is 1. The number of likely N-dealkylation sites (tertiary alicyclic amines) is 1. The number of amides is 2. The van der Waals surface area contributed by atoms with Gasteiger partial charge in [-0.25, -0.2) is 0 Å². The van der Waals surface area contributed by atoms with Gasteiger partial charge in [-0.1, -0.05) is 47.5 Å². The molecule has 2 aliphatic heterocycles. The summed E-state index contributed by atoms with van der Waals surface area (Å²) in [4.78, 5) is 31.7. The first-order valence-corrected chi connectivity index (χ1v) is 10.5. The predicted octanol–water partition coefficient (Wildman–Crippen LogP) is 2.68. The van der Waals surface area contributed by atoms with Gasteiger partial charge in [-0.2, -0.15) is 0 Å². The molecule has 7 heteroatoms. The molecule has 0 aliphatic carbocycles. The standard InChI is InChI=1S/C23H25ClN4O2/c1-16-3-2-4-18(13-16)21-22(30)27-23(26-21)9-11-28(12-10-23)15-20(29)25-14-17-5-7-19(24)8-6-17/h2-8,13H,9-12,14-15H2,1H3,(H,25,29)(H,27,30). The molecule has 0 unspecified atom stereocenters. The van der Waals surface area contributed by atoms with Crippen molar-refractivity contribution in [1.29, 1.82) is 0 Å². The van der Waals surface area contributed by atoms with Gasteiger partial charge in [0, 0.05) is 43.1 Å². The Hall–Kier alpha value is -2.70. The quantitative estimate of drug-likeness (QED) is 0.775. The first-order chi connectivity index (χ1) is 14.4. The highest BCUT2D eigenvalue weighted by Crippen LogP contribution is 2.28. The molecule has 1 spiro atoms. The van der Waals surface area contributed by atoms with Crippen LogP contribution in [-0.2, 0) is 16.1 Å². The van der Waals surface area contributed by atoms with E-state index in [4.69, 9.17) is 16.6 Å². The number of hydrogen-bond donors (Lipinski definition) is 2. The van der Waals surface area contributed by atoms with E-state index in [2.05, 4.69) is 15.5 Å². The number of aliphatic imine (C=N–C) groups is 1. The highest BCUT2D eigenvalue weighted by atomic mass is 35.5. The van der Waals surface area contributed by atoms with Crippen LogP contribution in [0.2, 0.25) is 5.02 Å². The van der Waals surface area contributed by atoms with Crippen LogP contribution in [0.25, 0.3) is 0 Å². The third-order valence-electron chi connectivity index (χ3n) is 5.63. The molecule has 30 heavy (non-hydrogen) atoms. The molecule has 2 aromatic rings. The van der Waals surface area contributed by atoms with Crippen LogP contribution in [0.15, 0.2) is 53.5 Å². The summed E-state index contributed by atoms with van der Waals surface area (Å²) in [5.41, 5.74) is 2.92. The molecule has 6 nitrogen and oxygen atoms in total. The van der Waals surface area contributed by atoms with Crippen LogP contribution in [0.3, 0.4) is 0 Å². The Morgan fingerprint density at radius 2 is 1.93 bits per heavy atom. The first-order valence-electron chi connectivity index (χ1n) is 10.2. The molecule has 0 bridgehead atoms. The molecule has 2 aliphatic rings. The molecule has 0 radical (unpaired) electrons. The maximum atomic E-state index is 12.5. The maximum Gasteiger partial charge on any atom is 0.272 e. The minimum absolute atomic E-state index is 0.0136. The Kier molecular flexibility index (Phi) is 5.88. The molecule has 2 heterocycles. The van der Waals surface area contributed by atoms with E-state index in [-0.39, 0.29) is 11.8 Å². The highest BCUT2D eigenvalue weighted by molar-refractivity contribution is 6.46. The van der Waals surface area contributed by atoms with Gasteiger partial charge in [0.05, 0.1) is 6.54 Å². The summed E-state index contributed by atoms with van der Waals surface area (Å²) >= 11 is 5.88. The van der Waals surface area contributed by atoms with E-state index in [9.17, 15) is 9.59 Å². The summed E-state index contributed by atoms with van der Waals surface area (Å²) in [5.74, 6) is -0.130. The van der Waals surface area contributed by atoms with Crippen molar-refractivity contribution < 1.29 is 9.59 Å². The maximum absolute atomic E-state index is 12.5. The average molecular weight is 425 g/mol.